The summed E-state index contributed by atoms with van der Waals surface area (Å²) in [5, 5.41) is 4.97. The summed E-state index contributed by atoms with van der Waals surface area (Å²) in [4.78, 5) is 0. The first kappa shape index (κ1) is 24.8. The molecule has 194 valence electrons. The molecule has 2 heteroatoms. The Bertz CT molecular complexity index is 1800. The summed E-state index contributed by atoms with van der Waals surface area (Å²) in [5.41, 5.74) is 9.43. The quantitative estimate of drug-likeness (QED) is 0.219. The van der Waals surface area contributed by atoms with Crippen LogP contribution in [0.1, 0.15) is 79.0 Å². The van der Waals surface area contributed by atoms with E-state index in [1.165, 1.54) is 55.0 Å². The van der Waals surface area contributed by atoms with Crippen LogP contribution in [0.25, 0.3) is 49.4 Å². The summed E-state index contributed by atoms with van der Waals surface area (Å²) < 4.78 is 9.30. The van der Waals surface area contributed by atoms with Crippen molar-refractivity contribution in [2.75, 3.05) is 0 Å². The molecule has 2 nitrogen and oxygen atoms in total. The van der Waals surface area contributed by atoms with Crippen LogP contribution in [-0.2, 0) is 16.2 Å². The number of hydrogen-bond donors (Lipinski definition) is 0. The fraction of sp³-hybridized carbons (Fsp3) is 0.333. The van der Waals surface area contributed by atoms with Gasteiger partial charge in [-0.1, -0.05) is 105 Å². The molecule has 0 aliphatic heterocycles. The zero-order valence-corrected chi connectivity index (χ0v) is 24.3. The molecule has 0 aliphatic carbocycles. The summed E-state index contributed by atoms with van der Waals surface area (Å²) in [6, 6.07) is 26.9. The second-order valence-electron chi connectivity index (χ2n) is 14.0. The van der Waals surface area contributed by atoms with E-state index in [9.17, 15) is 0 Å². The maximum Gasteiger partial charge on any atom is 0.139 e. The molecule has 0 saturated heterocycles. The molecule has 0 aliphatic rings. The predicted octanol–water partition coefficient (Wildman–Crippen LogP) is 10.6. The van der Waals surface area contributed by atoms with Crippen molar-refractivity contribution in [3.8, 4) is 5.69 Å². The summed E-state index contributed by atoms with van der Waals surface area (Å²) in [5.74, 6) is 0. The molecule has 6 aromatic rings. The summed E-state index contributed by atoms with van der Waals surface area (Å²) in [6.45, 7) is 20.6. The molecular formula is C36H39NO. The van der Waals surface area contributed by atoms with Gasteiger partial charge in [-0.05, 0) is 52.1 Å². The van der Waals surface area contributed by atoms with Crippen LogP contribution in [0.15, 0.2) is 77.2 Å². The molecule has 2 aromatic heterocycles. The summed E-state index contributed by atoms with van der Waals surface area (Å²) in [6.07, 6.45) is 0. The van der Waals surface area contributed by atoms with Gasteiger partial charge in [0, 0.05) is 38.4 Å². The van der Waals surface area contributed by atoms with Gasteiger partial charge in [-0.25, -0.2) is 0 Å². The van der Waals surface area contributed by atoms with Crippen LogP contribution in [0.5, 0.6) is 0 Å². The van der Waals surface area contributed by atoms with Crippen LogP contribution in [0, 0.1) is 0 Å². The normalized spacial score (nSPS) is 13.4. The Balaban J connectivity index is 1.81. The molecule has 38 heavy (non-hydrogen) atoms. The Labute approximate surface area is 226 Å². The molecule has 6 rings (SSSR count). The SMILES string of the molecule is CC(C)(C)c1cc(C(C)(C)C)c2oc3c(C(C)(C)C)cc(-n4c5ccccc5c5ccccc54)cc3c2c1. The third-order valence-electron chi connectivity index (χ3n) is 7.98. The number of benzene rings is 4. The summed E-state index contributed by atoms with van der Waals surface area (Å²) in [7, 11) is 0. The maximum atomic E-state index is 6.87. The molecule has 0 saturated carbocycles. The van der Waals surface area contributed by atoms with Crippen molar-refractivity contribution in [1.82, 2.24) is 4.57 Å². The van der Waals surface area contributed by atoms with Gasteiger partial charge in [0.25, 0.3) is 0 Å². The lowest BCUT2D eigenvalue weighted by Crippen LogP contribution is -2.16. The average molecular weight is 502 g/mol. The molecule has 0 bridgehead atoms. The van der Waals surface area contributed by atoms with Gasteiger partial charge in [0.05, 0.1) is 11.0 Å². The molecule has 0 atom stereocenters. The van der Waals surface area contributed by atoms with E-state index in [2.05, 4.69) is 140 Å². The number of para-hydroxylation sites is 2. The highest BCUT2D eigenvalue weighted by Gasteiger charge is 2.28. The van der Waals surface area contributed by atoms with Crippen LogP contribution in [0.3, 0.4) is 0 Å². The molecular weight excluding hydrogens is 462 g/mol. The van der Waals surface area contributed by atoms with Gasteiger partial charge in [-0.3, -0.25) is 0 Å². The van der Waals surface area contributed by atoms with Gasteiger partial charge in [-0.15, -0.1) is 0 Å². The van der Waals surface area contributed by atoms with Gasteiger partial charge < -0.3 is 8.98 Å². The van der Waals surface area contributed by atoms with Crippen molar-refractivity contribution in [3.05, 3.63) is 89.5 Å². The van der Waals surface area contributed by atoms with Crippen LogP contribution < -0.4 is 0 Å². The number of hydrogen-bond acceptors (Lipinski definition) is 1. The molecule has 0 radical (unpaired) electrons. The van der Waals surface area contributed by atoms with E-state index >= 15 is 0 Å². The molecule has 0 amide bonds. The highest BCUT2D eigenvalue weighted by atomic mass is 16.3. The topological polar surface area (TPSA) is 18.1 Å². The van der Waals surface area contributed by atoms with Crippen LogP contribution in [0.4, 0.5) is 0 Å². The maximum absolute atomic E-state index is 6.87. The Morgan fingerprint density at radius 2 is 0.974 bits per heavy atom. The van der Waals surface area contributed by atoms with E-state index in [0.717, 1.165) is 11.2 Å². The first-order valence-electron chi connectivity index (χ1n) is 13.8. The van der Waals surface area contributed by atoms with E-state index in [1.54, 1.807) is 0 Å². The number of fused-ring (bicyclic) bond motifs is 6. The lowest BCUT2D eigenvalue weighted by Gasteiger charge is -2.25. The summed E-state index contributed by atoms with van der Waals surface area (Å²) >= 11 is 0. The van der Waals surface area contributed by atoms with Crippen LogP contribution >= 0.6 is 0 Å². The van der Waals surface area contributed by atoms with Crippen molar-refractivity contribution < 1.29 is 4.42 Å². The second-order valence-corrected chi connectivity index (χ2v) is 14.0. The van der Waals surface area contributed by atoms with E-state index in [1.807, 2.05) is 0 Å². The molecule has 2 heterocycles. The largest absolute Gasteiger partial charge is 0.455 e. The van der Waals surface area contributed by atoms with Gasteiger partial charge in [0.2, 0.25) is 0 Å². The minimum Gasteiger partial charge on any atom is -0.455 e. The van der Waals surface area contributed by atoms with E-state index < -0.39 is 0 Å². The molecule has 0 N–H and O–H groups in total. The lowest BCUT2D eigenvalue weighted by molar-refractivity contribution is 0.550. The zero-order valence-electron chi connectivity index (χ0n) is 24.3. The van der Waals surface area contributed by atoms with E-state index in [-0.39, 0.29) is 16.2 Å². The monoisotopic (exact) mass is 501 g/mol. The second kappa shape index (κ2) is 7.99. The average Bonchev–Trinajstić information content (AvgIpc) is 3.36. The van der Waals surface area contributed by atoms with Crippen molar-refractivity contribution in [3.63, 3.8) is 0 Å². The number of aromatic nitrogens is 1. The first-order chi connectivity index (χ1) is 17.7. The zero-order chi connectivity index (χ0) is 27.2. The lowest BCUT2D eigenvalue weighted by atomic mass is 9.79. The van der Waals surface area contributed by atoms with Gasteiger partial charge in [0.15, 0.2) is 0 Å². The molecule has 0 unspecified atom stereocenters. The highest BCUT2D eigenvalue weighted by Crippen LogP contribution is 2.44. The van der Waals surface area contributed by atoms with Gasteiger partial charge in [-0.2, -0.15) is 0 Å². The Morgan fingerprint density at radius 3 is 1.47 bits per heavy atom. The van der Waals surface area contributed by atoms with E-state index in [0.29, 0.717) is 0 Å². The minimum absolute atomic E-state index is 0.0368. The predicted molar refractivity (Wildman–Crippen MR) is 164 cm³/mol. The number of rotatable bonds is 1. The number of nitrogens with zero attached hydrogens (tertiary/aromatic N) is 1. The van der Waals surface area contributed by atoms with Crippen LogP contribution in [0.2, 0.25) is 0 Å². The minimum atomic E-state index is -0.0876. The smallest absolute Gasteiger partial charge is 0.139 e. The molecule has 0 spiro atoms. The third-order valence-corrected chi connectivity index (χ3v) is 7.98. The van der Waals surface area contributed by atoms with Gasteiger partial charge >= 0.3 is 0 Å². The first-order valence-corrected chi connectivity index (χ1v) is 13.8. The van der Waals surface area contributed by atoms with Crippen molar-refractivity contribution >= 4 is 43.7 Å². The van der Waals surface area contributed by atoms with Gasteiger partial charge in [0.1, 0.15) is 11.2 Å². The third kappa shape index (κ3) is 3.76. The van der Waals surface area contributed by atoms with Crippen molar-refractivity contribution in [1.29, 1.82) is 0 Å². The Hall–Kier alpha value is -3.52. The number of furan rings is 1. The standard InChI is InChI=1S/C36H39NO/c1-34(2,3)22-18-26-27-20-23(37-30-16-12-10-14-24(30)25-15-11-13-17-31(25)37)21-29(36(7,8)9)33(27)38-32(26)28(19-22)35(4,5)6/h10-21H,1-9H3. The molecule has 0 fully saturated rings. The fourth-order valence-corrected chi connectivity index (χ4v) is 5.84. The van der Waals surface area contributed by atoms with Crippen molar-refractivity contribution in [2.24, 2.45) is 0 Å². The van der Waals surface area contributed by atoms with Crippen molar-refractivity contribution in [2.45, 2.75) is 78.6 Å². The highest BCUT2D eigenvalue weighted by molar-refractivity contribution is 6.11. The van der Waals surface area contributed by atoms with E-state index in [4.69, 9.17) is 4.42 Å². The Morgan fingerprint density at radius 1 is 0.500 bits per heavy atom. The van der Waals surface area contributed by atoms with Crippen LogP contribution in [-0.4, -0.2) is 4.57 Å². The molecule has 4 aromatic carbocycles. The Kier molecular flexibility index (Phi) is 5.21. The fourth-order valence-electron chi connectivity index (χ4n) is 5.84.